The van der Waals surface area contributed by atoms with Crippen LogP contribution in [0.3, 0.4) is 0 Å². The average Bonchev–Trinajstić information content (AvgIpc) is 3.31. The van der Waals surface area contributed by atoms with Crippen LogP contribution in [0.2, 0.25) is 0 Å². The second-order valence-corrected chi connectivity index (χ2v) is 7.18. The smallest absolute Gasteiger partial charge is 0.274 e. The molecule has 7 nitrogen and oxygen atoms in total. The van der Waals surface area contributed by atoms with Crippen molar-refractivity contribution in [2.24, 2.45) is 0 Å². The van der Waals surface area contributed by atoms with Crippen LogP contribution in [0, 0.1) is 0 Å². The van der Waals surface area contributed by atoms with Crippen LogP contribution in [0.1, 0.15) is 15.9 Å². The van der Waals surface area contributed by atoms with Gasteiger partial charge >= 0.3 is 0 Å². The molecule has 0 fully saturated rings. The third-order valence-electron chi connectivity index (χ3n) is 4.99. The second-order valence-electron chi connectivity index (χ2n) is 7.18. The number of aromatic nitrogens is 3. The summed E-state index contributed by atoms with van der Waals surface area (Å²) in [5, 5.41) is 7.70. The standard InChI is InChI=1S/C26H24N4O3/c1-32-22-13-8-19(9-14-22)10-17-24(31)30-26(27-18-20-6-4-3-5-7-20)28-25(29-30)21-11-15-23(33-2)16-12-21/h3-17H,18H2,1-2H3,(H,27,28,29). The van der Waals surface area contributed by atoms with Crippen LogP contribution in [0.25, 0.3) is 17.5 Å². The molecular formula is C26H24N4O3. The van der Waals surface area contributed by atoms with Crippen LogP contribution >= 0.6 is 0 Å². The fraction of sp³-hybridized carbons (Fsp3) is 0.115. The molecule has 166 valence electrons. The van der Waals surface area contributed by atoms with E-state index in [1.165, 1.54) is 10.8 Å². The van der Waals surface area contributed by atoms with E-state index in [0.29, 0.717) is 18.3 Å². The number of hydrogen-bond acceptors (Lipinski definition) is 6. The second kappa shape index (κ2) is 10.3. The van der Waals surface area contributed by atoms with Crippen LogP contribution in [-0.4, -0.2) is 34.9 Å². The van der Waals surface area contributed by atoms with Crippen molar-refractivity contribution < 1.29 is 14.3 Å². The Morgan fingerprint density at radius 2 is 1.55 bits per heavy atom. The average molecular weight is 441 g/mol. The summed E-state index contributed by atoms with van der Waals surface area (Å²) in [5.41, 5.74) is 2.72. The molecule has 1 aromatic heterocycles. The van der Waals surface area contributed by atoms with E-state index in [2.05, 4.69) is 15.4 Å². The van der Waals surface area contributed by atoms with Gasteiger partial charge in [0.1, 0.15) is 11.5 Å². The molecule has 1 heterocycles. The molecule has 0 aliphatic heterocycles. The van der Waals surface area contributed by atoms with E-state index in [-0.39, 0.29) is 5.91 Å². The molecule has 4 aromatic rings. The minimum Gasteiger partial charge on any atom is -0.497 e. The van der Waals surface area contributed by atoms with Crippen LogP contribution in [0.5, 0.6) is 11.5 Å². The number of anilines is 1. The first-order valence-electron chi connectivity index (χ1n) is 10.4. The molecule has 33 heavy (non-hydrogen) atoms. The molecular weight excluding hydrogens is 416 g/mol. The zero-order chi connectivity index (χ0) is 23.0. The minimum atomic E-state index is -0.311. The van der Waals surface area contributed by atoms with Crippen molar-refractivity contribution in [1.29, 1.82) is 0 Å². The Bertz CT molecular complexity index is 1230. The molecule has 0 radical (unpaired) electrons. The number of allylic oxidation sites excluding steroid dienone is 1. The van der Waals surface area contributed by atoms with Gasteiger partial charge in [0.05, 0.1) is 14.2 Å². The summed E-state index contributed by atoms with van der Waals surface area (Å²) in [6.45, 7) is 0.511. The Morgan fingerprint density at radius 3 is 2.18 bits per heavy atom. The van der Waals surface area contributed by atoms with Crippen LogP contribution in [-0.2, 0) is 6.54 Å². The summed E-state index contributed by atoms with van der Waals surface area (Å²) in [4.78, 5) is 17.6. The fourth-order valence-corrected chi connectivity index (χ4v) is 3.17. The van der Waals surface area contributed by atoms with E-state index in [4.69, 9.17) is 9.47 Å². The van der Waals surface area contributed by atoms with Crippen molar-refractivity contribution in [2.75, 3.05) is 19.5 Å². The number of benzene rings is 3. The van der Waals surface area contributed by atoms with Gasteiger partial charge in [-0.15, -0.1) is 5.10 Å². The highest BCUT2D eigenvalue weighted by atomic mass is 16.5. The highest BCUT2D eigenvalue weighted by molar-refractivity contribution is 5.95. The summed E-state index contributed by atoms with van der Waals surface area (Å²) >= 11 is 0. The summed E-state index contributed by atoms with van der Waals surface area (Å²) in [7, 11) is 3.23. The van der Waals surface area contributed by atoms with Crippen molar-refractivity contribution in [3.63, 3.8) is 0 Å². The van der Waals surface area contributed by atoms with E-state index >= 15 is 0 Å². The molecule has 0 saturated heterocycles. The zero-order valence-corrected chi connectivity index (χ0v) is 18.4. The predicted octanol–water partition coefficient (Wildman–Crippen LogP) is 4.93. The molecule has 0 amide bonds. The first-order valence-corrected chi connectivity index (χ1v) is 10.4. The van der Waals surface area contributed by atoms with Crippen LogP contribution < -0.4 is 14.8 Å². The SMILES string of the molecule is COc1ccc(C=CC(=O)n2nc(-c3ccc(OC)cc3)nc2NCc2ccccc2)cc1. The Morgan fingerprint density at radius 1 is 0.909 bits per heavy atom. The summed E-state index contributed by atoms with van der Waals surface area (Å²) in [6.07, 6.45) is 3.21. The van der Waals surface area contributed by atoms with Gasteiger partial charge in [0.25, 0.3) is 5.91 Å². The molecule has 0 aliphatic carbocycles. The summed E-state index contributed by atoms with van der Waals surface area (Å²) in [5.74, 6) is 1.99. The topological polar surface area (TPSA) is 78.3 Å². The van der Waals surface area contributed by atoms with Gasteiger partial charge in [-0.25, -0.2) is 0 Å². The maximum atomic E-state index is 13.0. The third kappa shape index (κ3) is 5.46. The van der Waals surface area contributed by atoms with Gasteiger partial charge in [-0.05, 0) is 53.6 Å². The third-order valence-corrected chi connectivity index (χ3v) is 4.99. The minimum absolute atomic E-state index is 0.311. The number of rotatable bonds is 8. The number of hydrogen-bond donors (Lipinski definition) is 1. The molecule has 3 aromatic carbocycles. The van der Waals surface area contributed by atoms with Gasteiger partial charge in [-0.1, -0.05) is 42.5 Å². The van der Waals surface area contributed by atoms with E-state index in [9.17, 15) is 4.79 Å². The molecule has 4 rings (SSSR count). The molecule has 7 heteroatoms. The number of nitrogens with zero attached hydrogens (tertiary/aromatic N) is 3. The van der Waals surface area contributed by atoms with Crippen molar-refractivity contribution in [3.8, 4) is 22.9 Å². The Hall–Kier alpha value is -4.39. The Labute approximate surface area is 192 Å². The molecule has 0 bridgehead atoms. The molecule has 0 saturated carbocycles. The van der Waals surface area contributed by atoms with E-state index in [1.807, 2.05) is 78.9 Å². The van der Waals surface area contributed by atoms with Crippen molar-refractivity contribution in [3.05, 3.63) is 96.1 Å². The molecule has 0 aliphatic rings. The lowest BCUT2D eigenvalue weighted by Gasteiger charge is -2.05. The summed E-state index contributed by atoms with van der Waals surface area (Å²) < 4.78 is 11.7. The summed E-state index contributed by atoms with van der Waals surface area (Å²) in [6, 6.07) is 24.7. The normalized spacial score (nSPS) is 10.8. The maximum absolute atomic E-state index is 13.0. The molecule has 0 spiro atoms. The lowest BCUT2D eigenvalue weighted by molar-refractivity contribution is 0.0957. The van der Waals surface area contributed by atoms with Gasteiger partial charge in [-0.2, -0.15) is 9.67 Å². The largest absolute Gasteiger partial charge is 0.497 e. The Kier molecular flexibility index (Phi) is 6.80. The monoisotopic (exact) mass is 440 g/mol. The van der Waals surface area contributed by atoms with Crippen molar-refractivity contribution >= 4 is 17.9 Å². The van der Waals surface area contributed by atoms with E-state index < -0.39 is 0 Å². The highest BCUT2D eigenvalue weighted by Crippen LogP contribution is 2.22. The number of methoxy groups -OCH3 is 2. The number of ether oxygens (including phenoxy) is 2. The van der Waals surface area contributed by atoms with Gasteiger partial charge < -0.3 is 14.8 Å². The first-order chi connectivity index (χ1) is 16.2. The predicted molar refractivity (Wildman–Crippen MR) is 128 cm³/mol. The van der Waals surface area contributed by atoms with Crippen molar-refractivity contribution in [2.45, 2.75) is 6.54 Å². The van der Waals surface area contributed by atoms with Crippen molar-refractivity contribution in [1.82, 2.24) is 14.8 Å². The lowest BCUT2D eigenvalue weighted by Crippen LogP contribution is -2.14. The van der Waals surface area contributed by atoms with E-state index in [0.717, 1.165) is 28.2 Å². The maximum Gasteiger partial charge on any atom is 0.274 e. The van der Waals surface area contributed by atoms with E-state index in [1.54, 1.807) is 20.3 Å². The van der Waals surface area contributed by atoms with Crippen LogP contribution in [0.4, 0.5) is 5.95 Å². The zero-order valence-electron chi connectivity index (χ0n) is 18.4. The number of carbonyl (C=O) groups is 1. The molecule has 0 unspecified atom stereocenters. The van der Waals surface area contributed by atoms with Gasteiger partial charge in [0, 0.05) is 18.2 Å². The molecule has 1 N–H and O–H groups in total. The lowest BCUT2D eigenvalue weighted by atomic mass is 10.2. The quantitative estimate of drug-likeness (QED) is 0.392. The Balaban J connectivity index is 1.60. The first kappa shape index (κ1) is 21.8. The number of nitrogens with one attached hydrogen (secondary N) is 1. The van der Waals surface area contributed by atoms with Gasteiger partial charge in [0.15, 0.2) is 5.82 Å². The van der Waals surface area contributed by atoms with Crippen LogP contribution in [0.15, 0.2) is 84.9 Å². The number of carbonyl (C=O) groups excluding carboxylic acids is 1. The molecule has 0 atom stereocenters. The fourth-order valence-electron chi connectivity index (χ4n) is 3.17. The van der Waals surface area contributed by atoms with Gasteiger partial charge in [-0.3, -0.25) is 4.79 Å². The van der Waals surface area contributed by atoms with Gasteiger partial charge in [0.2, 0.25) is 5.95 Å². The highest BCUT2D eigenvalue weighted by Gasteiger charge is 2.16.